The molecule has 0 amide bonds. The van der Waals surface area contributed by atoms with Crippen LogP contribution in [0.25, 0.3) is 0 Å². The van der Waals surface area contributed by atoms with Gasteiger partial charge in [0, 0.05) is 18.7 Å². The monoisotopic (exact) mass is 329 g/mol. The lowest BCUT2D eigenvalue weighted by Gasteiger charge is -2.20. The van der Waals surface area contributed by atoms with E-state index >= 15 is 0 Å². The second-order valence-electron chi connectivity index (χ2n) is 5.65. The van der Waals surface area contributed by atoms with Crippen molar-refractivity contribution in [3.05, 3.63) is 28.2 Å². The molecule has 0 saturated heterocycles. The highest BCUT2D eigenvalue weighted by atomic mass is 79.9. The van der Waals surface area contributed by atoms with Crippen LogP contribution >= 0.6 is 15.9 Å². The largest absolute Gasteiger partial charge is 0.492 e. The van der Waals surface area contributed by atoms with Gasteiger partial charge in [-0.3, -0.25) is 0 Å². The number of aliphatic hydroxyl groups excluding tert-OH is 1. The Balaban J connectivity index is 2.49. The fourth-order valence-corrected chi connectivity index (χ4v) is 2.08. The summed E-state index contributed by atoms with van der Waals surface area (Å²) in [4.78, 5) is 0. The lowest BCUT2D eigenvalue weighted by atomic mass is 10.1. The van der Waals surface area contributed by atoms with Gasteiger partial charge in [-0.25, -0.2) is 0 Å². The molecule has 0 bridgehead atoms. The van der Waals surface area contributed by atoms with Gasteiger partial charge in [0.2, 0.25) is 0 Å². The maximum Gasteiger partial charge on any atom is 0.133 e. The minimum Gasteiger partial charge on any atom is -0.492 e. The molecule has 1 aromatic carbocycles. The third kappa shape index (κ3) is 6.95. The first kappa shape index (κ1) is 16.5. The van der Waals surface area contributed by atoms with E-state index in [1.807, 2.05) is 6.07 Å². The zero-order chi connectivity index (χ0) is 14.3. The molecular formula is C15H24BrNO2. The lowest BCUT2D eigenvalue weighted by molar-refractivity contribution is 0.252. The van der Waals surface area contributed by atoms with Crippen LogP contribution in [0.5, 0.6) is 5.75 Å². The van der Waals surface area contributed by atoms with E-state index in [2.05, 4.69) is 54.2 Å². The molecule has 0 radical (unpaired) electrons. The number of unbranched alkanes of at least 4 members (excludes halogenated alkanes) is 1. The fraction of sp³-hybridized carbons (Fsp3) is 0.600. The standard InChI is InChI=1S/C15H24BrNO2/c1-15(2,3)17-11-12-6-7-14(13(16)10-12)19-9-5-4-8-18/h6-7,10,17-18H,4-5,8-9,11H2,1-3H3. The molecule has 0 unspecified atom stereocenters. The average molecular weight is 330 g/mol. The normalized spacial score (nSPS) is 11.6. The number of hydrogen-bond acceptors (Lipinski definition) is 3. The van der Waals surface area contributed by atoms with E-state index in [0.29, 0.717) is 6.61 Å². The molecule has 0 saturated carbocycles. The predicted octanol–water partition coefficient (Wildman–Crippen LogP) is 3.49. The highest BCUT2D eigenvalue weighted by molar-refractivity contribution is 9.10. The zero-order valence-corrected chi connectivity index (χ0v) is 13.6. The summed E-state index contributed by atoms with van der Waals surface area (Å²) in [5.74, 6) is 0.859. The Hall–Kier alpha value is -0.580. The molecule has 2 N–H and O–H groups in total. The molecule has 3 nitrogen and oxygen atoms in total. The smallest absolute Gasteiger partial charge is 0.133 e. The number of ether oxygens (including phenoxy) is 1. The third-order valence-electron chi connectivity index (χ3n) is 2.63. The minimum absolute atomic E-state index is 0.117. The molecule has 0 aliphatic carbocycles. The molecule has 19 heavy (non-hydrogen) atoms. The molecule has 0 atom stereocenters. The van der Waals surface area contributed by atoms with Gasteiger partial charge in [0.25, 0.3) is 0 Å². The average Bonchev–Trinajstić information content (AvgIpc) is 2.33. The maximum absolute atomic E-state index is 8.71. The highest BCUT2D eigenvalue weighted by Crippen LogP contribution is 2.26. The summed E-state index contributed by atoms with van der Waals surface area (Å²) in [5, 5.41) is 12.2. The van der Waals surface area contributed by atoms with Crippen molar-refractivity contribution in [1.82, 2.24) is 5.32 Å². The van der Waals surface area contributed by atoms with E-state index in [0.717, 1.165) is 29.6 Å². The van der Waals surface area contributed by atoms with Crippen LogP contribution in [0.3, 0.4) is 0 Å². The van der Waals surface area contributed by atoms with Crippen molar-refractivity contribution in [2.75, 3.05) is 13.2 Å². The van der Waals surface area contributed by atoms with Crippen molar-refractivity contribution >= 4 is 15.9 Å². The van der Waals surface area contributed by atoms with Crippen LogP contribution < -0.4 is 10.1 Å². The molecule has 108 valence electrons. The number of halogens is 1. The number of nitrogens with one attached hydrogen (secondary N) is 1. The summed E-state index contributed by atoms with van der Waals surface area (Å²) >= 11 is 3.53. The number of hydrogen-bond donors (Lipinski definition) is 2. The molecule has 0 fully saturated rings. The molecule has 0 heterocycles. The fourth-order valence-electron chi connectivity index (χ4n) is 1.53. The molecule has 0 aliphatic heterocycles. The zero-order valence-electron chi connectivity index (χ0n) is 12.0. The van der Waals surface area contributed by atoms with E-state index in [-0.39, 0.29) is 12.1 Å². The first-order valence-corrected chi connectivity index (χ1v) is 7.49. The summed E-state index contributed by atoms with van der Waals surface area (Å²) in [6.45, 7) is 8.16. The summed E-state index contributed by atoms with van der Waals surface area (Å²) < 4.78 is 6.64. The Kier molecular flexibility index (Phi) is 6.83. The van der Waals surface area contributed by atoms with Crippen LogP contribution in [-0.4, -0.2) is 23.9 Å². The predicted molar refractivity (Wildman–Crippen MR) is 82.5 cm³/mol. The summed E-state index contributed by atoms with van der Waals surface area (Å²) in [6.07, 6.45) is 1.65. The Bertz CT molecular complexity index is 388. The summed E-state index contributed by atoms with van der Waals surface area (Å²) in [5.41, 5.74) is 1.34. The highest BCUT2D eigenvalue weighted by Gasteiger charge is 2.09. The Labute approximate surface area is 124 Å². The quantitative estimate of drug-likeness (QED) is 0.752. The second kappa shape index (κ2) is 7.88. The van der Waals surface area contributed by atoms with E-state index in [4.69, 9.17) is 9.84 Å². The summed E-state index contributed by atoms with van der Waals surface area (Å²) in [7, 11) is 0. The number of aliphatic hydroxyl groups is 1. The van der Waals surface area contributed by atoms with Crippen molar-refractivity contribution in [3.8, 4) is 5.75 Å². The van der Waals surface area contributed by atoms with Gasteiger partial charge in [-0.2, -0.15) is 0 Å². The molecule has 0 spiro atoms. The third-order valence-corrected chi connectivity index (χ3v) is 3.25. The summed E-state index contributed by atoms with van der Waals surface area (Å²) in [6, 6.07) is 6.15. The van der Waals surface area contributed by atoms with Gasteiger partial charge in [-0.05, 0) is 67.2 Å². The van der Waals surface area contributed by atoms with E-state index in [1.54, 1.807) is 0 Å². The SMILES string of the molecule is CC(C)(C)NCc1ccc(OCCCCO)c(Br)c1. The van der Waals surface area contributed by atoms with Crippen LogP contribution in [0.4, 0.5) is 0 Å². The number of rotatable bonds is 7. The van der Waals surface area contributed by atoms with Gasteiger partial charge in [-0.15, -0.1) is 0 Å². The van der Waals surface area contributed by atoms with E-state index < -0.39 is 0 Å². The minimum atomic E-state index is 0.117. The maximum atomic E-state index is 8.71. The molecular weight excluding hydrogens is 306 g/mol. The van der Waals surface area contributed by atoms with Crippen molar-refractivity contribution in [2.45, 2.75) is 45.7 Å². The van der Waals surface area contributed by atoms with Crippen molar-refractivity contribution in [3.63, 3.8) is 0 Å². The van der Waals surface area contributed by atoms with Crippen LogP contribution in [-0.2, 0) is 6.54 Å². The van der Waals surface area contributed by atoms with Crippen molar-refractivity contribution < 1.29 is 9.84 Å². The lowest BCUT2D eigenvalue weighted by Crippen LogP contribution is -2.35. The van der Waals surface area contributed by atoms with Crippen LogP contribution in [0.1, 0.15) is 39.2 Å². The van der Waals surface area contributed by atoms with Gasteiger partial charge in [0.1, 0.15) is 5.75 Å². The van der Waals surface area contributed by atoms with Gasteiger partial charge >= 0.3 is 0 Å². The Morgan fingerprint density at radius 1 is 1.26 bits per heavy atom. The Morgan fingerprint density at radius 2 is 2.00 bits per heavy atom. The molecule has 4 heteroatoms. The van der Waals surface area contributed by atoms with Crippen LogP contribution in [0.15, 0.2) is 22.7 Å². The van der Waals surface area contributed by atoms with Crippen LogP contribution in [0, 0.1) is 0 Å². The van der Waals surface area contributed by atoms with E-state index in [1.165, 1.54) is 5.56 Å². The molecule has 0 aliphatic rings. The van der Waals surface area contributed by atoms with E-state index in [9.17, 15) is 0 Å². The topological polar surface area (TPSA) is 41.5 Å². The second-order valence-corrected chi connectivity index (χ2v) is 6.50. The molecule has 0 aromatic heterocycles. The first-order chi connectivity index (χ1) is 8.92. The Morgan fingerprint density at radius 3 is 2.58 bits per heavy atom. The molecule has 1 aromatic rings. The molecule has 1 rings (SSSR count). The first-order valence-electron chi connectivity index (χ1n) is 6.69. The number of benzene rings is 1. The van der Waals surface area contributed by atoms with Gasteiger partial charge in [-0.1, -0.05) is 6.07 Å². The van der Waals surface area contributed by atoms with Gasteiger partial charge in [0.15, 0.2) is 0 Å². The van der Waals surface area contributed by atoms with Gasteiger partial charge < -0.3 is 15.2 Å². The van der Waals surface area contributed by atoms with Crippen molar-refractivity contribution in [1.29, 1.82) is 0 Å². The van der Waals surface area contributed by atoms with Crippen LogP contribution in [0.2, 0.25) is 0 Å². The van der Waals surface area contributed by atoms with Gasteiger partial charge in [0.05, 0.1) is 11.1 Å². The van der Waals surface area contributed by atoms with Crippen molar-refractivity contribution in [2.24, 2.45) is 0 Å².